The van der Waals surface area contributed by atoms with Crippen LogP contribution >= 0.6 is 11.6 Å². The van der Waals surface area contributed by atoms with E-state index in [1.165, 1.54) is 31.4 Å². The van der Waals surface area contributed by atoms with E-state index in [9.17, 15) is 14.4 Å². The van der Waals surface area contributed by atoms with Gasteiger partial charge in [0.05, 0.1) is 18.8 Å². The highest BCUT2D eigenvalue weighted by atomic mass is 35.5. The van der Waals surface area contributed by atoms with Gasteiger partial charge in [-0.05, 0) is 54.1 Å². The molecular weight excluding hydrogens is 421 g/mol. The van der Waals surface area contributed by atoms with Gasteiger partial charge in [0.1, 0.15) is 11.6 Å². The predicted octanol–water partition coefficient (Wildman–Crippen LogP) is 5.54. The number of nitriles is 1. The fraction of sp³-hybridized carbons (Fsp3) is 0.0833. The molecule has 5 nitrogen and oxygen atoms in total. The average Bonchev–Trinajstić information content (AvgIpc) is 2.78. The summed E-state index contributed by atoms with van der Waals surface area (Å²) in [5.41, 5.74) is 0.925. The van der Waals surface area contributed by atoms with E-state index in [1.54, 1.807) is 48.5 Å². The van der Waals surface area contributed by atoms with Crippen LogP contribution in [0.3, 0.4) is 0 Å². The molecule has 0 fully saturated rings. The Morgan fingerprint density at radius 2 is 1.84 bits per heavy atom. The third-order valence-corrected chi connectivity index (χ3v) is 4.43. The summed E-state index contributed by atoms with van der Waals surface area (Å²) >= 11 is 5.81. The van der Waals surface area contributed by atoms with Crippen LogP contribution in [-0.2, 0) is 4.79 Å². The van der Waals surface area contributed by atoms with Gasteiger partial charge in [-0.15, -0.1) is 0 Å². The maximum absolute atomic E-state index is 14.0. The minimum absolute atomic E-state index is 0.154. The van der Waals surface area contributed by atoms with Crippen molar-refractivity contribution in [3.8, 4) is 23.3 Å². The lowest BCUT2D eigenvalue weighted by Gasteiger charge is -2.11. The second-order valence-corrected chi connectivity index (χ2v) is 6.71. The number of rotatable bonds is 7. The Morgan fingerprint density at radius 1 is 1.10 bits per heavy atom. The number of allylic oxidation sites excluding steroid dienone is 1. The first-order valence-electron chi connectivity index (χ1n) is 9.14. The Bertz CT molecular complexity index is 1150. The van der Waals surface area contributed by atoms with E-state index in [0.29, 0.717) is 16.3 Å². The summed E-state index contributed by atoms with van der Waals surface area (Å²) in [5, 5.41) is 9.99. The zero-order chi connectivity index (χ0) is 22.2. The first kappa shape index (κ1) is 21.9. The number of hydrogen-bond acceptors (Lipinski definition) is 5. The number of hydrogen-bond donors (Lipinski definition) is 0. The van der Waals surface area contributed by atoms with Crippen molar-refractivity contribution >= 4 is 29.2 Å². The van der Waals surface area contributed by atoms with Crippen LogP contribution in [0.15, 0.2) is 66.7 Å². The minimum Gasteiger partial charge on any atom is -0.493 e. The largest absolute Gasteiger partial charge is 0.493 e. The first-order chi connectivity index (χ1) is 15.0. The van der Waals surface area contributed by atoms with Crippen molar-refractivity contribution in [2.24, 2.45) is 0 Å². The molecule has 156 valence electrons. The molecule has 0 aliphatic carbocycles. The van der Waals surface area contributed by atoms with Crippen LogP contribution in [0.4, 0.5) is 4.39 Å². The maximum Gasteiger partial charge on any atom is 0.349 e. The average molecular weight is 438 g/mol. The van der Waals surface area contributed by atoms with Crippen LogP contribution in [0, 0.1) is 17.1 Å². The topological polar surface area (TPSA) is 68.5 Å². The Balaban J connectivity index is 1.73. The fourth-order valence-electron chi connectivity index (χ4n) is 2.70. The van der Waals surface area contributed by atoms with Crippen molar-refractivity contribution in [3.05, 3.63) is 88.7 Å². The van der Waals surface area contributed by atoms with Crippen LogP contribution in [0.2, 0.25) is 5.02 Å². The van der Waals surface area contributed by atoms with Gasteiger partial charge in [0, 0.05) is 10.6 Å². The molecule has 0 aliphatic rings. The molecule has 3 aromatic carbocycles. The van der Waals surface area contributed by atoms with Crippen molar-refractivity contribution in [3.63, 3.8) is 0 Å². The highest BCUT2D eigenvalue weighted by molar-refractivity contribution is 6.30. The van der Waals surface area contributed by atoms with Gasteiger partial charge in [-0.25, -0.2) is 9.18 Å². The first-order valence-corrected chi connectivity index (χ1v) is 9.51. The Kier molecular flexibility index (Phi) is 7.26. The SMILES string of the molecule is COc1cc(/C=C(/C#N)c2ccccc2F)ccc1OC(=O)COc1ccc(Cl)cc1. The van der Waals surface area contributed by atoms with Gasteiger partial charge in [0.2, 0.25) is 0 Å². The molecule has 0 aliphatic heterocycles. The Hall–Kier alpha value is -3.82. The fourth-order valence-corrected chi connectivity index (χ4v) is 2.83. The number of nitrogens with zero attached hydrogens (tertiary/aromatic N) is 1. The quantitative estimate of drug-likeness (QED) is 0.210. The maximum atomic E-state index is 14.0. The molecule has 0 amide bonds. The smallest absolute Gasteiger partial charge is 0.349 e. The van der Waals surface area contributed by atoms with E-state index < -0.39 is 11.8 Å². The van der Waals surface area contributed by atoms with Crippen molar-refractivity contribution in [2.75, 3.05) is 13.7 Å². The molecule has 0 unspecified atom stereocenters. The van der Waals surface area contributed by atoms with Crippen LogP contribution < -0.4 is 14.2 Å². The molecule has 0 aromatic heterocycles. The summed E-state index contributed by atoms with van der Waals surface area (Å²) in [5.74, 6) is -0.173. The number of esters is 1. The van der Waals surface area contributed by atoms with Crippen LogP contribution in [0.1, 0.15) is 11.1 Å². The lowest BCUT2D eigenvalue weighted by atomic mass is 10.0. The van der Waals surface area contributed by atoms with Gasteiger partial charge in [-0.2, -0.15) is 5.26 Å². The molecule has 0 saturated heterocycles. The summed E-state index contributed by atoms with van der Waals surface area (Å²) in [6.45, 7) is -0.307. The number of carbonyl (C=O) groups is 1. The van der Waals surface area contributed by atoms with Gasteiger partial charge in [0.25, 0.3) is 0 Å². The summed E-state index contributed by atoms with van der Waals surface area (Å²) < 4.78 is 30.0. The second kappa shape index (κ2) is 10.3. The third kappa shape index (κ3) is 5.84. The molecule has 7 heteroatoms. The van der Waals surface area contributed by atoms with Crippen LogP contribution in [0.5, 0.6) is 17.2 Å². The number of carbonyl (C=O) groups excluding carboxylic acids is 1. The number of methoxy groups -OCH3 is 1. The molecule has 0 radical (unpaired) electrons. The summed E-state index contributed by atoms with van der Waals surface area (Å²) in [4.78, 5) is 12.1. The van der Waals surface area contributed by atoms with E-state index in [4.69, 9.17) is 25.8 Å². The molecule has 0 heterocycles. The van der Waals surface area contributed by atoms with E-state index >= 15 is 0 Å². The molecule has 0 bridgehead atoms. The van der Waals surface area contributed by atoms with Crippen molar-refractivity contribution in [2.45, 2.75) is 0 Å². The molecule has 0 N–H and O–H groups in total. The summed E-state index contributed by atoms with van der Waals surface area (Å²) in [6.07, 6.45) is 1.52. The van der Waals surface area contributed by atoms with Gasteiger partial charge in [0.15, 0.2) is 18.1 Å². The molecule has 0 spiro atoms. The van der Waals surface area contributed by atoms with Gasteiger partial charge >= 0.3 is 5.97 Å². The van der Waals surface area contributed by atoms with E-state index in [0.717, 1.165) is 0 Å². The predicted molar refractivity (Wildman–Crippen MR) is 115 cm³/mol. The zero-order valence-corrected chi connectivity index (χ0v) is 17.2. The number of halogens is 2. The third-order valence-electron chi connectivity index (χ3n) is 4.18. The standard InChI is InChI=1S/C24H17ClFNO4/c1-29-23-13-16(12-17(14-27)20-4-2-3-5-21(20)26)6-11-22(23)31-24(28)15-30-19-9-7-18(25)8-10-19/h2-13H,15H2,1H3/b17-12-. The van der Waals surface area contributed by atoms with Gasteiger partial charge in [-0.3, -0.25) is 0 Å². The number of ether oxygens (including phenoxy) is 3. The molecule has 31 heavy (non-hydrogen) atoms. The van der Waals surface area contributed by atoms with Crippen molar-refractivity contribution < 1.29 is 23.4 Å². The summed E-state index contributed by atoms with van der Waals surface area (Å²) in [7, 11) is 1.42. The van der Waals surface area contributed by atoms with Gasteiger partial charge < -0.3 is 14.2 Å². The van der Waals surface area contributed by atoms with E-state index in [-0.39, 0.29) is 29.2 Å². The Labute approximate surface area is 183 Å². The Morgan fingerprint density at radius 3 is 2.52 bits per heavy atom. The molecule has 3 aromatic rings. The summed E-state index contributed by atoms with van der Waals surface area (Å²) in [6, 6.07) is 19.3. The molecular formula is C24H17ClFNO4. The highest BCUT2D eigenvalue weighted by Crippen LogP contribution is 2.30. The highest BCUT2D eigenvalue weighted by Gasteiger charge is 2.13. The van der Waals surface area contributed by atoms with Crippen LogP contribution in [0.25, 0.3) is 11.6 Å². The van der Waals surface area contributed by atoms with Gasteiger partial charge in [-0.1, -0.05) is 35.9 Å². The number of benzene rings is 3. The molecule has 0 atom stereocenters. The van der Waals surface area contributed by atoms with Crippen LogP contribution in [-0.4, -0.2) is 19.7 Å². The molecule has 3 rings (SSSR count). The van der Waals surface area contributed by atoms with Crippen molar-refractivity contribution in [1.82, 2.24) is 0 Å². The minimum atomic E-state index is -0.624. The monoisotopic (exact) mass is 437 g/mol. The van der Waals surface area contributed by atoms with Crippen molar-refractivity contribution in [1.29, 1.82) is 5.26 Å². The normalized spacial score (nSPS) is 10.8. The lowest BCUT2D eigenvalue weighted by molar-refractivity contribution is -0.136. The molecule has 0 saturated carbocycles. The van der Waals surface area contributed by atoms with E-state index in [1.807, 2.05) is 6.07 Å². The second-order valence-electron chi connectivity index (χ2n) is 6.28. The van der Waals surface area contributed by atoms with E-state index in [2.05, 4.69) is 0 Å². The zero-order valence-electron chi connectivity index (χ0n) is 16.5. The lowest BCUT2D eigenvalue weighted by Crippen LogP contribution is -2.18.